The number of hydrogen-bond acceptors (Lipinski definition) is 4. The van der Waals surface area contributed by atoms with E-state index in [1.807, 2.05) is 0 Å². The highest BCUT2D eigenvalue weighted by molar-refractivity contribution is 7.80. The maximum absolute atomic E-state index is 11.9. The zero-order chi connectivity index (χ0) is 18.9. The number of thiocarbonyl (C=S) groups is 1. The van der Waals surface area contributed by atoms with Crippen LogP contribution in [0.25, 0.3) is 0 Å². The van der Waals surface area contributed by atoms with Crippen LogP contribution >= 0.6 is 12.2 Å². The highest BCUT2D eigenvalue weighted by atomic mass is 32.1. The zero-order valence-corrected chi connectivity index (χ0v) is 16.8. The van der Waals surface area contributed by atoms with Gasteiger partial charge in [-0.3, -0.25) is 9.69 Å². The number of methoxy groups -OCH3 is 1. The van der Waals surface area contributed by atoms with Crippen molar-refractivity contribution in [2.45, 2.75) is 20.3 Å². The third kappa shape index (κ3) is 6.55. The summed E-state index contributed by atoms with van der Waals surface area (Å²) in [5.74, 6) is 0.0744. The number of rotatable bonds is 7. The fourth-order valence-electron chi connectivity index (χ4n) is 2.83. The van der Waals surface area contributed by atoms with Crippen LogP contribution in [-0.2, 0) is 9.53 Å². The molecule has 0 spiro atoms. The van der Waals surface area contributed by atoms with Crippen LogP contribution in [0, 0.1) is 13.8 Å². The van der Waals surface area contributed by atoms with Crippen molar-refractivity contribution in [2.75, 3.05) is 58.3 Å². The van der Waals surface area contributed by atoms with E-state index in [2.05, 4.69) is 52.5 Å². The Bertz CT molecular complexity index is 616. The van der Waals surface area contributed by atoms with Crippen molar-refractivity contribution < 1.29 is 9.53 Å². The second kappa shape index (κ2) is 10.4. The molecule has 6 nitrogen and oxygen atoms in total. The maximum Gasteiger partial charge on any atom is 0.234 e. The molecule has 1 saturated heterocycles. The standard InChI is InChI=1S/C19H30N4O2S/c1-15-5-6-17(13-16(15)2)21-19(26)23-10-8-22(9-11-23)14-18(24)20-7-4-12-25-3/h5-6,13H,4,7-12,14H2,1-3H3,(H,20,24)(H,21,26). The van der Waals surface area contributed by atoms with Gasteiger partial charge >= 0.3 is 0 Å². The molecule has 2 N–H and O–H groups in total. The van der Waals surface area contributed by atoms with Crippen molar-refractivity contribution in [1.29, 1.82) is 0 Å². The lowest BCUT2D eigenvalue weighted by Crippen LogP contribution is -2.52. The minimum absolute atomic E-state index is 0.0744. The number of amides is 1. The number of ether oxygens (including phenoxy) is 1. The van der Waals surface area contributed by atoms with Gasteiger partial charge in [0, 0.05) is 52.1 Å². The number of anilines is 1. The predicted octanol–water partition coefficient (Wildman–Crippen LogP) is 1.77. The molecular weight excluding hydrogens is 348 g/mol. The van der Waals surface area contributed by atoms with Gasteiger partial charge in [-0.05, 0) is 55.7 Å². The van der Waals surface area contributed by atoms with Gasteiger partial charge in [-0.2, -0.15) is 0 Å². The van der Waals surface area contributed by atoms with Gasteiger partial charge in [-0.25, -0.2) is 0 Å². The van der Waals surface area contributed by atoms with Gasteiger partial charge in [0.05, 0.1) is 6.54 Å². The minimum atomic E-state index is 0.0744. The Balaban J connectivity index is 1.71. The number of benzene rings is 1. The predicted molar refractivity (Wildman–Crippen MR) is 110 cm³/mol. The number of carbonyl (C=O) groups is 1. The maximum atomic E-state index is 11.9. The van der Waals surface area contributed by atoms with Crippen molar-refractivity contribution in [3.63, 3.8) is 0 Å². The minimum Gasteiger partial charge on any atom is -0.385 e. The van der Waals surface area contributed by atoms with E-state index in [4.69, 9.17) is 17.0 Å². The largest absolute Gasteiger partial charge is 0.385 e. The van der Waals surface area contributed by atoms with Crippen molar-refractivity contribution >= 4 is 28.9 Å². The Morgan fingerprint density at radius 1 is 1.19 bits per heavy atom. The molecule has 1 heterocycles. The molecule has 1 aliphatic heterocycles. The van der Waals surface area contributed by atoms with E-state index in [1.165, 1.54) is 11.1 Å². The van der Waals surface area contributed by atoms with Gasteiger partial charge in [0.25, 0.3) is 0 Å². The van der Waals surface area contributed by atoms with Crippen LogP contribution < -0.4 is 10.6 Å². The molecule has 7 heteroatoms. The number of carbonyl (C=O) groups excluding carboxylic acids is 1. The van der Waals surface area contributed by atoms with Crippen LogP contribution in [0.4, 0.5) is 5.69 Å². The topological polar surface area (TPSA) is 56.8 Å². The summed E-state index contributed by atoms with van der Waals surface area (Å²) in [5, 5.41) is 7.00. The summed E-state index contributed by atoms with van der Waals surface area (Å²) in [7, 11) is 1.67. The Kier molecular flexibility index (Phi) is 8.28. The molecule has 1 fully saturated rings. The molecule has 1 amide bonds. The first-order valence-electron chi connectivity index (χ1n) is 9.11. The molecule has 0 bridgehead atoms. The molecule has 2 rings (SSSR count). The second-order valence-corrected chi connectivity index (χ2v) is 7.08. The highest BCUT2D eigenvalue weighted by Crippen LogP contribution is 2.15. The third-order valence-electron chi connectivity index (χ3n) is 4.63. The second-order valence-electron chi connectivity index (χ2n) is 6.69. The van der Waals surface area contributed by atoms with Crippen molar-refractivity contribution in [3.05, 3.63) is 29.3 Å². The van der Waals surface area contributed by atoms with Gasteiger partial charge in [0.15, 0.2) is 5.11 Å². The molecule has 0 radical (unpaired) electrons. The van der Waals surface area contributed by atoms with Crippen molar-refractivity contribution in [3.8, 4) is 0 Å². The lowest BCUT2D eigenvalue weighted by Gasteiger charge is -2.35. The summed E-state index contributed by atoms with van der Waals surface area (Å²) in [4.78, 5) is 16.3. The normalized spacial score (nSPS) is 15.0. The quantitative estimate of drug-likeness (QED) is 0.557. The molecule has 1 aliphatic rings. The highest BCUT2D eigenvalue weighted by Gasteiger charge is 2.20. The van der Waals surface area contributed by atoms with E-state index in [0.717, 1.165) is 43.4 Å². The average Bonchev–Trinajstić information content (AvgIpc) is 2.62. The summed E-state index contributed by atoms with van der Waals surface area (Å²) in [6.07, 6.45) is 0.842. The molecule has 0 unspecified atom stereocenters. The van der Waals surface area contributed by atoms with Crippen molar-refractivity contribution in [1.82, 2.24) is 15.1 Å². The Morgan fingerprint density at radius 3 is 2.58 bits per heavy atom. The van der Waals surface area contributed by atoms with Gasteiger partial charge in [0.2, 0.25) is 5.91 Å². The van der Waals surface area contributed by atoms with Crippen LogP contribution in [0.5, 0.6) is 0 Å². The molecule has 0 saturated carbocycles. The summed E-state index contributed by atoms with van der Waals surface area (Å²) in [6, 6.07) is 6.27. The molecule has 26 heavy (non-hydrogen) atoms. The summed E-state index contributed by atoms with van der Waals surface area (Å²) >= 11 is 5.55. The van der Waals surface area contributed by atoms with Crippen LogP contribution in [0.15, 0.2) is 18.2 Å². The molecule has 0 aliphatic carbocycles. The number of nitrogens with one attached hydrogen (secondary N) is 2. The third-order valence-corrected chi connectivity index (χ3v) is 4.99. The van der Waals surface area contributed by atoms with E-state index >= 15 is 0 Å². The molecule has 0 aromatic heterocycles. The monoisotopic (exact) mass is 378 g/mol. The molecule has 1 aromatic carbocycles. The van der Waals surface area contributed by atoms with Crippen LogP contribution in [0.3, 0.4) is 0 Å². The van der Waals surface area contributed by atoms with E-state index < -0.39 is 0 Å². The first-order valence-corrected chi connectivity index (χ1v) is 9.51. The molecule has 0 atom stereocenters. The van der Waals surface area contributed by atoms with Gasteiger partial charge < -0.3 is 20.3 Å². The fourth-order valence-corrected chi connectivity index (χ4v) is 3.13. The SMILES string of the molecule is COCCCNC(=O)CN1CCN(C(=S)Nc2ccc(C)c(C)c2)CC1. The summed E-state index contributed by atoms with van der Waals surface area (Å²) in [6.45, 7) is 9.30. The zero-order valence-electron chi connectivity index (χ0n) is 16.0. The lowest BCUT2D eigenvalue weighted by atomic mass is 10.1. The first kappa shape index (κ1) is 20.6. The van der Waals surface area contributed by atoms with E-state index in [-0.39, 0.29) is 5.91 Å². The molecule has 1 aromatic rings. The molecule has 144 valence electrons. The van der Waals surface area contributed by atoms with Gasteiger partial charge in [0.1, 0.15) is 0 Å². The van der Waals surface area contributed by atoms with Crippen LogP contribution in [0.2, 0.25) is 0 Å². The number of piperazine rings is 1. The van der Waals surface area contributed by atoms with Crippen LogP contribution in [0.1, 0.15) is 17.5 Å². The Labute approximate surface area is 161 Å². The summed E-state index contributed by atoms with van der Waals surface area (Å²) in [5.41, 5.74) is 3.55. The molecular formula is C19H30N4O2S. The first-order chi connectivity index (χ1) is 12.5. The average molecular weight is 379 g/mol. The van der Waals surface area contributed by atoms with Gasteiger partial charge in [-0.15, -0.1) is 0 Å². The fraction of sp³-hybridized carbons (Fsp3) is 0.579. The Hall–Kier alpha value is -1.70. The number of aryl methyl sites for hydroxylation is 2. The lowest BCUT2D eigenvalue weighted by molar-refractivity contribution is -0.122. The number of nitrogens with zero attached hydrogens (tertiary/aromatic N) is 2. The number of hydrogen-bond donors (Lipinski definition) is 2. The van der Waals surface area contributed by atoms with Gasteiger partial charge in [-0.1, -0.05) is 6.07 Å². The smallest absolute Gasteiger partial charge is 0.234 e. The summed E-state index contributed by atoms with van der Waals surface area (Å²) < 4.78 is 4.98. The van der Waals surface area contributed by atoms with Crippen molar-refractivity contribution in [2.24, 2.45) is 0 Å². The van der Waals surface area contributed by atoms with Crippen LogP contribution in [-0.4, -0.2) is 73.8 Å². The van der Waals surface area contributed by atoms with E-state index in [9.17, 15) is 4.79 Å². The van der Waals surface area contributed by atoms with E-state index in [0.29, 0.717) is 19.7 Å². The Morgan fingerprint density at radius 2 is 1.92 bits per heavy atom. The van der Waals surface area contributed by atoms with E-state index in [1.54, 1.807) is 7.11 Å².